The van der Waals surface area contributed by atoms with Crippen LogP contribution in [0.15, 0.2) is 40.3 Å². The van der Waals surface area contributed by atoms with E-state index in [9.17, 15) is 0 Å². The van der Waals surface area contributed by atoms with Gasteiger partial charge in [-0.2, -0.15) is 0 Å². The SMILES string of the molecule is Cc1cc2c(Sc3ccc(C(C)C)cc3)nc(Cl)nc2s1. The van der Waals surface area contributed by atoms with Crippen molar-refractivity contribution in [2.75, 3.05) is 0 Å². The standard InChI is InChI=1S/C16H15ClN2S2/c1-9(2)11-4-6-12(7-5-11)21-15-13-8-10(3)20-14(13)18-16(17)19-15/h4-9H,1-3H3. The Kier molecular flexibility index (Phi) is 4.20. The number of aromatic nitrogens is 2. The fraction of sp³-hybridized carbons (Fsp3) is 0.250. The monoisotopic (exact) mass is 334 g/mol. The summed E-state index contributed by atoms with van der Waals surface area (Å²) in [7, 11) is 0. The second-order valence-electron chi connectivity index (χ2n) is 5.20. The molecule has 0 saturated carbocycles. The predicted octanol–water partition coefficient (Wildman–Crippen LogP) is 5.93. The average molecular weight is 335 g/mol. The van der Waals surface area contributed by atoms with Crippen LogP contribution < -0.4 is 0 Å². The van der Waals surface area contributed by atoms with Gasteiger partial charge in [-0.3, -0.25) is 0 Å². The number of halogens is 1. The molecule has 108 valence electrons. The van der Waals surface area contributed by atoms with E-state index in [0.29, 0.717) is 11.2 Å². The van der Waals surface area contributed by atoms with Crippen LogP contribution in [0.2, 0.25) is 5.28 Å². The first kappa shape index (κ1) is 14.8. The molecule has 0 radical (unpaired) electrons. The van der Waals surface area contributed by atoms with Crippen molar-refractivity contribution in [1.82, 2.24) is 9.97 Å². The summed E-state index contributed by atoms with van der Waals surface area (Å²) >= 11 is 9.32. The first-order valence-electron chi connectivity index (χ1n) is 6.74. The Hall–Kier alpha value is -1.10. The molecule has 0 bridgehead atoms. The largest absolute Gasteiger partial charge is 0.224 e. The van der Waals surface area contributed by atoms with Crippen LogP contribution in [0.3, 0.4) is 0 Å². The second-order valence-corrected chi connectivity index (χ2v) is 7.83. The van der Waals surface area contributed by atoms with Gasteiger partial charge in [-0.15, -0.1) is 11.3 Å². The molecule has 3 aromatic rings. The van der Waals surface area contributed by atoms with Gasteiger partial charge in [0.25, 0.3) is 0 Å². The number of nitrogens with zero attached hydrogens (tertiary/aromatic N) is 2. The Morgan fingerprint density at radius 2 is 1.86 bits per heavy atom. The summed E-state index contributed by atoms with van der Waals surface area (Å²) in [5.74, 6) is 0.545. The van der Waals surface area contributed by atoms with Gasteiger partial charge in [-0.1, -0.05) is 37.7 Å². The van der Waals surface area contributed by atoms with Gasteiger partial charge in [0.1, 0.15) is 9.86 Å². The minimum absolute atomic E-state index is 0.311. The van der Waals surface area contributed by atoms with Crippen LogP contribution >= 0.6 is 34.7 Å². The lowest BCUT2D eigenvalue weighted by atomic mass is 10.0. The van der Waals surface area contributed by atoms with E-state index in [1.165, 1.54) is 15.3 Å². The van der Waals surface area contributed by atoms with E-state index < -0.39 is 0 Å². The van der Waals surface area contributed by atoms with Crippen LogP contribution in [0, 0.1) is 6.92 Å². The van der Waals surface area contributed by atoms with Gasteiger partial charge in [0.2, 0.25) is 5.28 Å². The Morgan fingerprint density at radius 3 is 2.52 bits per heavy atom. The number of benzene rings is 1. The van der Waals surface area contributed by atoms with Crippen LogP contribution in [0.4, 0.5) is 0 Å². The van der Waals surface area contributed by atoms with Crippen LogP contribution in [0.1, 0.15) is 30.2 Å². The third-order valence-electron chi connectivity index (χ3n) is 3.21. The first-order valence-corrected chi connectivity index (χ1v) is 8.75. The zero-order valence-electron chi connectivity index (χ0n) is 12.1. The Bertz CT molecular complexity index is 779. The van der Waals surface area contributed by atoms with E-state index in [1.54, 1.807) is 23.1 Å². The number of aryl methyl sites for hydroxylation is 1. The van der Waals surface area contributed by atoms with Gasteiger partial charge in [-0.05, 0) is 48.2 Å². The van der Waals surface area contributed by atoms with E-state index in [2.05, 4.69) is 61.1 Å². The molecule has 0 spiro atoms. The highest BCUT2D eigenvalue weighted by Crippen LogP contribution is 2.36. The van der Waals surface area contributed by atoms with Gasteiger partial charge < -0.3 is 0 Å². The summed E-state index contributed by atoms with van der Waals surface area (Å²) in [4.78, 5) is 12.0. The lowest BCUT2D eigenvalue weighted by Crippen LogP contribution is -1.88. The molecule has 0 fully saturated rings. The topological polar surface area (TPSA) is 25.8 Å². The highest BCUT2D eigenvalue weighted by molar-refractivity contribution is 7.99. The molecule has 0 aliphatic rings. The van der Waals surface area contributed by atoms with Crippen molar-refractivity contribution >= 4 is 44.9 Å². The molecule has 0 aliphatic heterocycles. The van der Waals surface area contributed by atoms with Crippen molar-refractivity contribution in [3.63, 3.8) is 0 Å². The molecule has 0 atom stereocenters. The summed E-state index contributed by atoms with van der Waals surface area (Å²) in [5, 5.41) is 2.32. The number of hydrogen-bond acceptors (Lipinski definition) is 4. The molecule has 21 heavy (non-hydrogen) atoms. The maximum atomic E-state index is 6.04. The quantitative estimate of drug-likeness (QED) is 0.438. The molecule has 0 N–H and O–H groups in total. The maximum Gasteiger partial charge on any atom is 0.224 e. The fourth-order valence-electron chi connectivity index (χ4n) is 2.10. The summed E-state index contributed by atoms with van der Waals surface area (Å²) in [6.45, 7) is 6.47. The van der Waals surface area contributed by atoms with E-state index in [0.717, 1.165) is 15.2 Å². The van der Waals surface area contributed by atoms with Gasteiger partial charge in [0.05, 0.1) is 0 Å². The number of fused-ring (bicyclic) bond motifs is 1. The predicted molar refractivity (Wildman–Crippen MR) is 91.8 cm³/mol. The van der Waals surface area contributed by atoms with E-state index in [-0.39, 0.29) is 0 Å². The zero-order chi connectivity index (χ0) is 15.0. The molecule has 5 heteroatoms. The summed E-state index contributed by atoms with van der Waals surface area (Å²) in [6.07, 6.45) is 0. The number of hydrogen-bond donors (Lipinski definition) is 0. The molecule has 0 amide bonds. The van der Waals surface area contributed by atoms with Crippen molar-refractivity contribution in [3.8, 4) is 0 Å². The van der Waals surface area contributed by atoms with Crippen molar-refractivity contribution in [2.24, 2.45) is 0 Å². The molecule has 2 aromatic heterocycles. The smallest absolute Gasteiger partial charge is 0.210 e. The molecule has 0 unspecified atom stereocenters. The normalized spacial score (nSPS) is 11.5. The van der Waals surface area contributed by atoms with E-state index in [4.69, 9.17) is 11.6 Å². The minimum atomic E-state index is 0.311. The van der Waals surface area contributed by atoms with E-state index in [1.807, 2.05) is 0 Å². The van der Waals surface area contributed by atoms with Crippen LogP contribution in [-0.4, -0.2) is 9.97 Å². The summed E-state index contributed by atoms with van der Waals surface area (Å²) in [5.41, 5.74) is 1.34. The highest BCUT2D eigenvalue weighted by atomic mass is 35.5. The summed E-state index contributed by atoms with van der Waals surface area (Å²) in [6, 6.07) is 10.8. The van der Waals surface area contributed by atoms with Crippen molar-refractivity contribution < 1.29 is 0 Å². The van der Waals surface area contributed by atoms with Gasteiger partial charge >= 0.3 is 0 Å². The van der Waals surface area contributed by atoms with Gasteiger partial charge in [0, 0.05) is 15.2 Å². The molecular weight excluding hydrogens is 320 g/mol. The first-order chi connectivity index (χ1) is 10.0. The Labute approximate surface area is 137 Å². The fourth-order valence-corrected chi connectivity index (χ4v) is 4.21. The van der Waals surface area contributed by atoms with Gasteiger partial charge in [0.15, 0.2) is 0 Å². The number of rotatable bonds is 3. The molecule has 0 saturated heterocycles. The molecule has 0 aliphatic carbocycles. The molecule has 2 heterocycles. The average Bonchev–Trinajstić information content (AvgIpc) is 2.79. The van der Waals surface area contributed by atoms with E-state index >= 15 is 0 Å². The minimum Gasteiger partial charge on any atom is -0.210 e. The van der Waals surface area contributed by atoms with Crippen molar-refractivity contribution in [1.29, 1.82) is 0 Å². The Balaban J connectivity index is 1.97. The highest BCUT2D eigenvalue weighted by Gasteiger charge is 2.11. The number of thiophene rings is 1. The Morgan fingerprint density at radius 1 is 1.14 bits per heavy atom. The zero-order valence-corrected chi connectivity index (χ0v) is 14.4. The van der Waals surface area contributed by atoms with Crippen LogP contribution in [-0.2, 0) is 0 Å². The molecule has 3 rings (SSSR count). The molecular formula is C16H15ClN2S2. The third kappa shape index (κ3) is 3.23. The maximum absolute atomic E-state index is 6.04. The van der Waals surface area contributed by atoms with Crippen LogP contribution in [0.5, 0.6) is 0 Å². The lowest BCUT2D eigenvalue weighted by molar-refractivity contribution is 0.865. The third-order valence-corrected chi connectivity index (χ3v) is 5.34. The molecule has 1 aromatic carbocycles. The van der Waals surface area contributed by atoms with Crippen LogP contribution in [0.25, 0.3) is 10.2 Å². The van der Waals surface area contributed by atoms with Crippen molar-refractivity contribution in [3.05, 3.63) is 46.1 Å². The van der Waals surface area contributed by atoms with Gasteiger partial charge in [-0.25, -0.2) is 9.97 Å². The summed E-state index contributed by atoms with van der Waals surface area (Å²) < 4.78 is 0. The molecule has 2 nitrogen and oxygen atoms in total. The second kappa shape index (κ2) is 5.95. The lowest BCUT2D eigenvalue weighted by Gasteiger charge is -2.07. The van der Waals surface area contributed by atoms with Crippen molar-refractivity contribution in [2.45, 2.75) is 36.6 Å².